The second-order valence-electron chi connectivity index (χ2n) is 5.88. The summed E-state index contributed by atoms with van der Waals surface area (Å²) in [5.74, 6) is -0.381. The number of nitrogens with two attached hydrogens (primary N) is 1. The molecule has 0 saturated heterocycles. The number of carbonyl (C=O) groups is 2. The van der Waals surface area contributed by atoms with Gasteiger partial charge in [0.15, 0.2) is 5.69 Å². The van der Waals surface area contributed by atoms with E-state index in [2.05, 4.69) is 10.4 Å². The summed E-state index contributed by atoms with van der Waals surface area (Å²) in [5.41, 5.74) is 6.26. The van der Waals surface area contributed by atoms with Crippen LogP contribution < -0.4 is 11.1 Å². The molecular weight excluding hydrogens is 258 g/mol. The summed E-state index contributed by atoms with van der Waals surface area (Å²) in [6, 6.07) is 1.62. The molecule has 0 aliphatic heterocycles. The number of rotatable bonds is 4. The lowest BCUT2D eigenvalue weighted by atomic mass is 10.1. The smallest absolute Gasteiger partial charge is 0.273 e. The Balaban J connectivity index is 2.90. The van der Waals surface area contributed by atoms with Crippen LogP contribution in [0.1, 0.15) is 37.0 Å². The van der Waals surface area contributed by atoms with E-state index in [9.17, 15) is 9.59 Å². The highest BCUT2D eigenvalue weighted by molar-refractivity contribution is 5.92. The summed E-state index contributed by atoms with van der Waals surface area (Å²) in [5, 5.41) is 7.00. The molecule has 1 heterocycles. The third kappa shape index (κ3) is 4.34. The molecule has 0 saturated carbocycles. The minimum Gasteiger partial charge on any atom is -0.350 e. The summed E-state index contributed by atoms with van der Waals surface area (Å²) in [6.45, 7) is 5.97. The van der Waals surface area contributed by atoms with Crippen LogP contribution in [0.4, 0.5) is 0 Å². The first kappa shape index (κ1) is 16.2. The van der Waals surface area contributed by atoms with Crippen molar-refractivity contribution in [3.63, 3.8) is 0 Å². The Labute approximate surface area is 119 Å². The van der Waals surface area contributed by atoms with Crippen LogP contribution in [0, 0.1) is 0 Å². The van der Waals surface area contributed by atoms with E-state index < -0.39 is 0 Å². The number of hydrogen-bond acceptors (Lipinski definition) is 4. The number of hydrogen-bond donors (Lipinski definition) is 2. The van der Waals surface area contributed by atoms with Gasteiger partial charge in [0.05, 0.1) is 5.69 Å². The van der Waals surface area contributed by atoms with Gasteiger partial charge in [-0.05, 0) is 26.8 Å². The van der Waals surface area contributed by atoms with E-state index in [0.29, 0.717) is 11.4 Å². The first-order valence-electron chi connectivity index (χ1n) is 6.43. The van der Waals surface area contributed by atoms with Gasteiger partial charge in [0.1, 0.15) is 6.54 Å². The van der Waals surface area contributed by atoms with Crippen molar-refractivity contribution < 1.29 is 9.59 Å². The molecule has 7 nitrogen and oxygen atoms in total. The van der Waals surface area contributed by atoms with Gasteiger partial charge in [-0.1, -0.05) is 0 Å². The minimum atomic E-state index is -0.310. The number of aromatic nitrogens is 2. The zero-order chi connectivity index (χ0) is 15.5. The molecule has 7 heteroatoms. The summed E-state index contributed by atoms with van der Waals surface area (Å²) >= 11 is 0. The van der Waals surface area contributed by atoms with Crippen LogP contribution in [0.3, 0.4) is 0 Å². The van der Waals surface area contributed by atoms with Crippen molar-refractivity contribution in [3.05, 3.63) is 17.5 Å². The summed E-state index contributed by atoms with van der Waals surface area (Å²) in [6.07, 6.45) is 0. The van der Waals surface area contributed by atoms with Crippen LogP contribution in [0.15, 0.2) is 6.07 Å². The van der Waals surface area contributed by atoms with Gasteiger partial charge in [0, 0.05) is 26.2 Å². The molecule has 0 atom stereocenters. The lowest BCUT2D eigenvalue weighted by Gasteiger charge is -2.20. The molecule has 0 aliphatic carbocycles. The minimum absolute atomic E-state index is 0.0461. The van der Waals surface area contributed by atoms with Gasteiger partial charge in [0.2, 0.25) is 5.91 Å². The normalized spacial score (nSPS) is 11.3. The largest absolute Gasteiger partial charge is 0.350 e. The van der Waals surface area contributed by atoms with Crippen molar-refractivity contribution in [1.82, 2.24) is 20.0 Å². The fraction of sp³-hybridized carbons (Fsp3) is 0.615. The Morgan fingerprint density at radius 1 is 1.40 bits per heavy atom. The molecule has 1 rings (SSSR count). The molecule has 0 radical (unpaired) electrons. The predicted molar refractivity (Wildman–Crippen MR) is 76.0 cm³/mol. The van der Waals surface area contributed by atoms with Crippen molar-refractivity contribution in [2.24, 2.45) is 5.73 Å². The lowest BCUT2D eigenvalue weighted by Crippen LogP contribution is -2.42. The summed E-state index contributed by atoms with van der Waals surface area (Å²) < 4.78 is 1.47. The molecule has 0 fully saturated rings. The zero-order valence-electron chi connectivity index (χ0n) is 12.7. The Morgan fingerprint density at radius 2 is 2.00 bits per heavy atom. The molecule has 2 amide bonds. The molecule has 1 aromatic heterocycles. The second-order valence-corrected chi connectivity index (χ2v) is 5.88. The maximum Gasteiger partial charge on any atom is 0.273 e. The Kier molecular flexibility index (Phi) is 4.88. The molecule has 3 N–H and O–H groups in total. The van der Waals surface area contributed by atoms with E-state index in [-0.39, 0.29) is 30.4 Å². The molecule has 0 aromatic carbocycles. The van der Waals surface area contributed by atoms with Crippen LogP contribution in [-0.4, -0.2) is 46.1 Å². The lowest BCUT2D eigenvalue weighted by molar-refractivity contribution is -0.123. The van der Waals surface area contributed by atoms with Gasteiger partial charge in [-0.3, -0.25) is 14.3 Å². The maximum absolute atomic E-state index is 11.9. The van der Waals surface area contributed by atoms with Crippen LogP contribution in [0.25, 0.3) is 0 Å². The fourth-order valence-corrected chi connectivity index (χ4v) is 1.68. The SMILES string of the molecule is CN(C)C(=O)c1cc(CN)n(CC(=O)NC(C)(C)C)n1. The molecule has 1 aromatic rings. The van der Waals surface area contributed by atoms with Gasteiger partial charge in [-0.2, -0.15) is 5.10 Å². The summed E-state index contributed by atoms with van der Waals surface area (Å²) in [4.78, 5) is 25.2. The number of amides is 2. The molecule has 0 bridgehead atoms. The molecule has 20 heavy (non-hydrogen) atoms. The summed E-state index contributed by atoms with van der Waals surface area (Å²) in [7, 11) is 3.30. The van der Waals surface area contributed by atoms with Crippen LogP contribution in [0.5, 0.6) is 0 Å². The molecule has 112 valence electrons. The average Bonchev–Trinajstić information content (AvgIpc) is 2.68. The topological polar surface area (TPSA) is 93.2 Å². The average molecular weight is 281 g/mol. The van der Waals surface area contributed by atoms with Gasteiger partial charge >= 0.3 is 0 Å². The van der Waals surface area contributed by atoms with E-state index in [1.807, 2.05) is 20.8 Å². The number of nitrogens with one attached hydrogen (secondary N) is 1. The van der Waals surface area contributed by atoms with Gasteiger partial charge in [0.25, 0.3) is 5.91 Å². The number of nitrogens with zero attached hydrogens (tertiary/aromatic N) is 3. The highest BCUT2D eigenvalue weighted by Crippen LogP contribution is 2.07. The van der Waals surface area contributed by atoms with Crippen molar-refractivity contribution in [2.75, 3.05) is 14.1 Å². The van der Waals surface area contributed by atoms with Crippen molar-refractivity contribution in [1.29, 1.82) is 0 Å². The number of carbonyl (C=O) groups excluding carboxylic acids is 2. The van der Waals surface area contributed by atoms with Crippen LogP contribution in [-0.2, 0) is 17.9 Å². The first-order chi connectivity index (χ1) is 9.14. The standard InChI is InChI=1S/C13H23N5O2/c1-13(2,3)15-11(19)8-18-9(7-14)6-10(16-18)12(20)17(4)5/h6H,7-8,14H2,1-5H3,(H,15,19). The monoisotopic (exact) mass is 281 g/mol. The Morgan fingerprint density at radius 3 is 2.45 bits per heavy atom. The van der Waals surface area contributed by atoms with E-state index in [1.54, 1.807) is 20.2 Å². The van der Waals surface area contributed by atoms with Crippen molar-refractivity contribution in [2.45, 2.75) is 39.4 Å². The van der Waals surface area contributed by atoms with Crippen LogP contribution in [0.2, 0.25) is 0 Å². The molecule has 0 spiro atoms. The van der Waals surface area contributed by atoms with E-state index in [1.165, 1.54) is 9.58 Å². The zero-order valence-corrected chi connectivity index (χ0v) is 12.7. The van der Waals surface area contributed by atoms with E-state index in [0.717, 1.165) is 0 Å². The highest BCUT2D eigenvalue weighted by atomic mass is 16.2. The third-order valence-electron chi connectivity index (χ3n) is 2.51. The fourth-order valence-electron chi connectivity index (χ4n) is 1.68. The molecule has 0 aliphatic rings. The quantitative estimate of drug-likeness (QED) is 0.809. The van der Waals surface area contributed by atoms with Gasteiger partial charge in [-0.15, -0.1) is 0 Å². The highest BCUT2D eigenvalue weighted by Gasteiger charge is 2.18. The maximum atomic E-state index is 11.9. The Bertz CT molecular complexity index is 499. The first-order valence-corrected chi connectivity index (χ1v) is 6.43. The van der Waals surface area contributed by atoms with Gasteiger partial charge in [-0.25, -0.2) is 0 Å². The third-order valence-corrected chi connectivity index (χ3v) is 2.51. The van der Waals surface area contributed by atoms with Crippen molar-refractivity contribution >= 4 is 11.8 Å². The van der Waals surface area contributed by atoms with E-state index >= 15 is 0 Å². The van der Waals surface area contributed by atoms with E-state index in [4.69, 9.17) is 5.73 Å². The van der Waals surface area contributed by atoms with Gasteiger partial charge < -0.3 is 16.0 Å². The van der Waals surface area contributed by atoms with Crippen molar-refractivity contribution in [3.8, 4) is 0 Å². The Hall–Kier alpha value is -1.89. The molecule has 0 unspecified atom stereocenters. The van der Waals surface area contributed by atoms with Crippen LogP contribution >= 0.6 is 0 Å². The second kappa shape index (κ2) is 6.04. The molecular formula is C13H23N5O2. The predicted octanol–water partition coefficient (Wildman–Crippen LogP) is -0.0417.